The van der Waals surface area contributed by atoms with Gasteiger partial charge in [-0.1, -0.05) is 6.92 Å². The van der Waals surface area contributed by atoms with E-state index in [0.29, 0.717) is 12.5 Å². The van der Waals surface area contributed by atoms with Crippen molar-refractivity contribution < 1.29 is 4.79 Å². The van der Waals surface area contributed by atoms with Crippen LogP contribution in [0.1, 0.15) is 32.2 Å². The molecule has 5 nitrogen and oxygen atoms in total. The predicted octanol–water partition coefficient (Wildman–Crippen LogP) is 2.19. The average molecular weight is 266 g/mol. The number of aromatic nitrogens is 2. The molecule has 1 rings (SSSR count). The Hall–Kier alpha value is -1.52. The van der Waals surface area contributed by atoms with Crippen LogP contribution in [-0.4, -0.2) is 40.3 Å². The first-order valence-electron chi connectivity index (χ1n) is 7.01. The number of hydrogen-bond donors (Lipinski definition) is 1. The van der Waals surface area contributed by atoms with Crippen molar-refractivity contribution in [3.05, 3.63) is 17.5 Å². The van der Waals surface area contributed by atoms with Crippen molar-refractivity contribution in [1.29, 1.82) is 0 Å². The molecule has 0 bridgehead atoms. The third-order valence-electron chi connectivity index (χ3n) is 3.24. The molecule has 1 N–H and O–H groups in total. The SMILES string of the molecule is CCN(CC)C(=O)NCC(C)Cn1nc(C)cc1C. The number of hydrogen-bond acceptors (Lipinski definition) is 2. The Labute approximate surface area is 116 Å². The Kier molecular flexibility index (Phi) is 5.86. The Morgan fingerprint density at radius 2 is 2.05 bits per heavy atom. The molecule has 0 aliphatic heterocycles. The van der Waals surface area contributed by atoms with Crippen LogP contribution in [0.15, 0.2) is 6.07 Å². The van der Waals surface area contributed by atoms with Crippen LogP contribution in [0.3, 0.4) is 0 Å². The van der Waals surface area contributed by atoms with Gasteiger partial charge in [-0.25, -0.2) is 4.79 Å². The molecule has 0 aliphatic carbocycles. The summed E-state index contributed by atoms with van der Waals surface area (Å²) in [6.07, 6.45) is 0. The zero-order chi connectivity index (χ0) is 14.4. The number of urea groups is 1. The first-order valence-corrected chi connectivity index (χ1v) is 7.01. The number of amides is 2. The molecule has 108 valence electrons. The van der Waals surface area contributed by atoms with Crippen molar-refractivity contribution in [2.24, 2.45) is 5.92 Å². The molecule has 0 radical (unpaired) electrons. The lowest BCUT2D eigenvalue weighted by Crippen LogP contribution is -2.41. The number of rotatable bonds is 6. The first-order chi connectivity index (χ1) is 8.97. The van der Waals surface area contributed by atoms with Crippen LogP contribution < -0.4 is 5.32 Å². The van der Waals surface area contributed by atoms with E-state index in [0.717, 1.165) is 25.3 Å². The minimum atomic E-state index is 0.0187. The van der Waals surface area contributed by atoms with Crippen molar-refractivity contribution >= 4 is 6.03 Å². The maximum atomic E-state index is 11.8. The fourth-order valence-electron chi connectivity index (χ4n) is 2.10. The third kappa shape index (κ3) is 4.58. The summed E-state index contributed by atoms with van der Waals surface area (Å²) in [6, 6.07) is 2.09. The molecule has 1 aromatic heterocycles. The van der Waals surface area contributed by atoms with E-state index >= 15 is 0 Å². The predicted molar refractivity (Wildman–Crippen MR) is 77.2 cm³/mol. The fraction of sp³-hybridized carbons (Fsp3) is 0.714. The maximum absolute atomic E-state index is 11.8. The molecule has 0 aliphatic rings. The van der Waals surface area contributed by atoms with Gasteiger partial charge in [-0.2, -0.15) is 5.10 Å². The highest BCUT2D eigenvalue weighted by molar-refractivity contribution is 5.74. The van der Waals surface area contributed by atoms with Crippen LogP contribution in [0.5, 0.6) is 0 Å². The van der Waals surface area contributed by atoms with Gasteiger partial charge >= 0.3 is 6.03 Å². The molecule has 1 aromatic rings. The van der Waals surface area contributed by atoms with Gasteiger partial charge in [-0.05, 0) is 39.7 Å². The lowest BCUT2D eigenvalue weighted by Gasteiger charge is -2.21. The van der Waals surface area contributed by atoms with E-state index < -0.39 is 0 Å². The molecule has 1 heterocycles. The van der Waals surface area contributed by atoms with Crippen molar-refractivity contribution in [3.8, 4) is 0 Å². The minimum Gasteiger partial charge on any atom is -0.338 e. The van der Waals surface area contributed by atoms with Gasteiger partial charge in [0.15, 0.2) is 0 Å². The number of aryl methyl sites for hydroxylation is 2. The standard InChI is InChI=1S/C14H26N4O/c1-6-17(7-2)14(19)15-9-11(3)10-18-13(5)8-12(4)16-18/h8,11H,6-7,9-10H2,1-5H3,(H,15,19). The molecule has 19 heavy (non-hydrogen) atoms. The van der Waals surface area contributed by atoms with Crippen LogP contribution in [0.25, 0.3) is 0 Å². The van der Waals surface area contributed by atoms with Crippen LogP contribution in [0.4, 0.5) is 4.79 Å². The highest BCUT2D eigenvalue weighted by Gasteiger charge is 2.11. The molecular formula is C14H26N4O. The number of carbonyl (C=O) groups is 1. The first kappa shape index (κ1) is 15.5. The van der Waals surface area contributed by atoms with Crippen molar-refractivity contribution in [1.82, 2.24) is 20.0 Å². The Bertz CT molecular complexity index is 410. The van der Waals surface area contributed by atoms with Gasteiger partial charge in [0.25, 0.3) is 0 Å². The Morgan fingerprint density at radius 1 is 1.42 bits per heavy atom. The zero-order valence-corrected chi connectivity index (χ0v) is 12.7. The van der Waals surface area contributed by atoms with E-state index in [1.165, 1.54) is 5.69 Å². The zero-order valence-electron chi connectivity index (χ0n) is 12.7. The monoisotopic (exact) mass is 266 g/mol. The fourth-order valence-corrected chi connectivity index (χ4v) is 2.10. The molecule has 2 amide bonds. The second kappa shape index (κ2) is 7.16. The summed E-state index contributed by atoms with van der Waals surface area (Å²) < 4.78 is 2.00. The molecular weight excluding hydrogens is 240 g/mol. The van der Waals surface area contributed by atoms with E-state index in [4.69, 9.17) is 0 Å². The highest BCUT2D eigenvalue weighted by Crippen LogP contribution is 2.06. The minimum absolute atomic E-state index is 0.0187. The summed E-state index contributed by atoms with van der Waals surface area (Å²) in [5, 5.41) is 7.42. The summed E-state index contributed by atoms with van der Waals surface area (Å²) >= 11 is 0. The molecule has 0 saturated heterocycles. The summed E-state index contributed by atoms with van der Waals surface area (Å²) in [5.41, 5.74) is 2.20. The molecule has 5 heteroatoms. The van der Waals surface area contributed by atoms with Gasteiger partial charge in [0.05, 0.1) is 5.69 Å². The van der Waals surface area contributed by atoms with Gasteiger partial charge in [-0.15, -0.1) is 0 Å². The topological polar surface area (TPSA) is 50.2 Å². The van der Waals surface area contributed by atoms with Crippen LogP contribution in [0.2, 0.25) is 0 Å². The van der Waals surface area contributed by atoms with Gasteiger partial charge in [-0.3, -0.25) is 4.68 Å². The second-order valence-corrected chi connectivity index (χ2v) is 5.07. The lowest BCUT2D eigenvalue weighted by atomic mass is 10.2. The van der Waals surface area contributed by atoms with E-state index in [2.05, 4.69) is 30.3 Å². The lowest BCUT2D eigenvalue weighted by molar-refractivity contribution is 0.201. The van der Waals surface area contributed by atoms with Crippen LogP contribution in [-0.2, 0) is 6.54 Å². The summed E-state index contributed by atoms with van der Waals surface area (Å²) in [6.45, 7) is 13.1. The summed E-state index contributed by atoms with van der Waals surface area (Å²) in [4.78, 5) is 13.6. The largest absolute Gasteiger partial charge is 0.338 e. The Morgan fingerprint density at radius 3 is 2.53 bits per heavy atom. The van der Waals surface area contributed by atoms with E-state index in [1.54, 1.807) is 4.90 Å². The third-order valence-corrected chi connectivity index (χ3v) is 3.24. The van der Waals surface area contributed by atoms with Crippen LogP contribution >= 0.6 is 0 Å². The second-order valence-electron chi connectivity index (χ2n) is 5.07. The molecule has 0 fully saturated rings. The molecule has 1 atom stereocenters. The molecule has 0 spiro atoms. The van der Waals surface area contributed by atoms with Crippen molar-refractivity contribution in [2.75, 3.05) is 19.6 Å². The Balaban J connectivity index is 2.41. The normalized spacial score (nSPS) is 12.3. The van der Waals surface area contributed by atoms with Gasteiger partial charge in [0.1, 0.15) is 0 Å². The molecule has 1 unspecified atom stereocenters. The number of nitrogens with one attached hydrogen (secondary N) is 1. The molecule has 0 aromatic carbocycles. The average Bonchev–Trinajstić information content (AvgIpc) is 2.67. The quantitative estimate of drug-likeness (QED) is 0.858. The van der Waals surface area contributed by atoms with Crippen LogP contribution in [0, 0.1) is 19.8 Å². The number of carbonyl (C=O) groups excluding carboxylic acids is 1. The summed E-state index contributed by atoms with van der Waals surface area (Å²) in [5.74, 6) is 0.359. The number of nitrogens with zero attached hydrogens (tertiary/aromatic N) is 3. The smallest absolute Gasteiger partial charge is 0.317 e. The van der Waals surface area contributed by atoms with Gasteiger partial charge in [0.2, 0.25) is 0 Å². The highest BCUT2D eigenvalue weighted by atomic mass is 16.2. The van der Waals surface area contributed by atoms with E-state index in [9.17, 15) is 4.79 Å². The molecule has 0 saturated carbocycles. The van der Waals surface area contributed by atoms with Crippen molar-refractivity contribution in [3.63, 3.8) is 0 Å². The van der Waals surface area contributed by atoms with Gasteiger partial charge < -0.3 is 10.2 Å². The van der Waals surface area contributed by atoms with Crippen molar-refractivity contribution in [2.45, 2.75) is 41.2 Å². The van der Waals surface area contributed by atoms with E-state index in [-0.39, 0.29) is 6.03 Å². The maximum Gasteiger partial charge on any atom is 0.317 e. The van der Waals surface area contributed by atoms with Gasteiger partial charge in [0, 0.05) is 31.9 Å². The van der Waals surface area contributed by atoms with E-state index in [1.807, 2.05) is 25.5 Å². The summed E-state index contributed by atoms with van der Waals surface area (Å²) in [7, 11) is 0.